The van der Waals surface area contributed by atoms with E-state index < -0.39 is 5.97 Å². The molecule has 0 radical (unpaired) electrons. The summed E-state index contributed by atoms with van der Waals surface area (Å²) < 4.78 is 22.1. The normalized spacial score (nSPS) is 11.2. The second kappa shape index (κ2) is 10.3. The molecular weight excluding hydrogens is 474 g/mol. The van der Waals surface area contributed by atoms with E-state index in [0.29, 0.717) is 24.4 Å². The van der Waals surface area contributed by atoms with Gasteiger partial charge in [-0.2, -0.15) is 8.75 Å². The molecule has 7 nitrogen and oxygen atoms in total. The molecule has 0 atom stereocenters. The van der Waals surface area contributed by atoms with Crippen LogP contribution in [0.4, 0.5) is 0 Å². The standard InChI is InChI=1S/C28H25N3O4S/c1-3-13-35-21-10-12-25-22(15-21)26(20-8-5-18(17-32)6-9-20)27(28(33)34-4-2)31(25)16-19-7-11-23-24(14-19)30-36-29-23/h5-12,14-15,17H,3-4,13,16H2,1-2H3. The number of rotatable bonds is 9. The Morgan fingerprint density at radius 3 is 2.56 bits per heavy atom. The molecule has 0 aliphatic carbocycles. The summed E-state index contributed by atoms with van der Waals surface area (Å²) in [5.74, 6) is 0.327. The minimum atomic E-state index is -0.407. The molecule has 0 aliphatic rings. The lowest BCUT2D eigenvalue weighted by Gasteiger charge is -2.12. The third kappa shape index (κ3) is 4.47. The third-order valence-electron chi connectivity index (χ3n) is 5.97. The zero-order valence-corrected chi connectivity index (χ0v) is 20.9. The van der Waals surface area contributed by atoms with Crippen LogP contribution in [-0.2, 0) is 11.3 Å². The maximum absolute atomic E-state index is 13.4. The SMILES string of the molecule is CCCOc1ccc2c(c1)c(-c1ccc(C=O)cc1)c(C(=O)OCC)n2Cc1ccc2nsnc2c1. The van der Waals surface area contributed by atoms with Gasteiger partial charge in [0.1, 0.15) is 28.8 Å². The van der Waals surface area contributed by atoms with Gasteiger partial charge in [0.25, 0.3) is 0 Å². The summed E-state index contributed by atoms with van der Waals surface area (Å²) in [5.41, 5.74) is 6.14. The molecule has 0 spiro atoms. The second-order valence-corrected chi connectivity index (χ2v) is 8.91. The molecule has 0 amide bonds. The number of hydrogen-bond donors (Lipinski definition) is 0. The van der Waals surface area contributed by atoms with Crippen molar-refractivity contribution < 1.29 is 19.1 Å². The van der Waals surface area contributed by atoms with Crippen LogP contribution in [0.1, 0.15) is 46.7 Å². The van der Waals surface area contributed by atoms with Gasteiger partial charge in [-0.3, -0.25) is 4.79 Å². The van der Waals surface area contributed by atoms with E-state index in [0.717, 1.165) is 57.1 Å². The average Bonchev–Trinajstić information content (AvgIpc) is 3.50. The van der Waals surface area contributed by atoms with Gasteiger partial charge in [0.2, 0.25) is 0 Å². The van der Waals surface area contributed by atoms with Gasteiger partial charge in [-0.05, 0) is 54.8 Å². The number of carbonyl (C=O) groups excluding carboxylic acids is 2. The Balaban J connectivity index is 1.75. The number of benzene rings is 3. The minimum Gasteiger partial charge on any atom is -0.494 e. The summed E-state index contributed by atoms with van der Waals surface area (Å²) in [6, 6.07) is 19.0. The number of fused-ring (bicyclic) bond motifs is 2. The highest BCUT2D eigenvalue weighted by atomic mass is 32.1. The van der Waals surface area contributed by atoms with E-state index in [-0.39, 0.29) is 6.61 Å². The first-order chi connectivity index (χ1) is 17.6. The fourth-order valence-electron chi connectivity index (χ4n) is 4.35. The number of esters is 1. The molecule has 2 heterocycles. The Hall–Kier alpha value is -4.04. The van der Waals surface area contributed by atoms with E-state index >= 15 is 0 Å². The van der Waals surface area contributed by atoms with E-state index in [9.17, 15) is 9.59 Å². The van der Waals surface area contributed by atoms with Gasteiger partial charge in [0.15, 0.2) is 0 Å². The van der Waals surface area contributed by atoms with Gasteiger partial charge < -0.3 is 14.0 Å². The van der Waals surface area contributed by atoms with Crippen LogP contribution in [0, 0.1) is 0 Å². The Labute approximate surface area is 212 Å². The van der Waals surface area contributed by atoms with Crippen LogP contribution in [0.15, 0.2) is 60.7 Å². The lowest BCUT2D eigenvalue weighted by Crippen LogP contribution is -2.14. The van der Waals surface area contributed by atoms with E-state index in [1.807, 2.05) is 53.1 Å². The molecule has 3 aromatic carbocycles. The highest BCUT2D eigenvalue weighted by Crippen LogP contribution is 2.38. The molecule has 2 aromatic heterocycles. The van der Waals surface area contributed by atoms with Crippen molar-refractivity contribution in [2.45, 2.75) is 26.8 Å². The predicted octanol–water partition coefficient (Wildman–Crippen LogP) is 6.14. The molecule has 0 aliphatic heterocycles. The van der Waals surface area contributed by atoms with Crippen LogP contribution >= 0.6 is 11.7 Å². The quantitative estimate of drug-likeness (QED) is 0.179. The number of aldehydes is 1. The molecule has 0 unspecified atom stereocenters. The number of ether oxygens (including phenoxy) is 2. The first-order valence-electron chi connectivity index (χ1n) is 11.9. The molecule has 5 rings (SSSR count). The van der Waals surface area contributed by atoms with Gasteiger partial charge in [0.05, 0.1) is 24.9 Å². The highest BCUT2D eigenvalue weighted by Gasteiger charge is 2.26. The molecule has 0 saturated heterocycles. The van der Waals surface area contributed by atoms with Crippen molar-refractivity contribution in [3.8, 4) is 16.9 Å². The van der Waals surface area contributed by atoms with Gasteiger partial charge in [-0.1, -0.05) is 37.3 Å². The highest BCUT2D eigenvalue weighted by molar-refractivity contribution is 7.00. The van der Waals surface area contributed by atoms with Crippen LogP contribution in [0.3, 0.4) is 0 Å². The summed E-state index contributed by atoms with van der Waals surface area (Å²) in [6.45, 7) is 5.15. The number of hydrogen-bond acceptors (Lipinski definition) is 7. The summed E-state index contributed by atoms with van der Waals surface area (Å²) in [4.78, 5) is 24.7. The van der Waals surface area contributed by atoms with Gasteiger partial charge in [0, 0.05) is 28.6 Å². The summed E-state index contributed by atoms with van der Waals surface area (Å²) in [6.07, 6.45) is 1.70. The molecule has 0 bridgehead atoms. The number of carbonyl (C=O) groups is 2. The molecule has 0 fully saturated rings. The molecule has 0 N–H and O–H groups in total. The predicted molar refractivity (Wildman–Crippen MR) is 141 cm³/mol. The van der Waals surface area contributed by atoms with Crippen LogP contribution in [-0.4, -0.2) is 38.8 Å². The van der Waals surface area contributed by atoms with E-state index in [2.05, 4.69) is 15.7 Å². The Morgan fingerprint density at radius 1 is 1.00 bits per heavy atom. The first-order valence-corrected chi connectivity index (χ1v) is 12.6. The van der Waals surface area contributed by atoms with Crippen molar-refractivity contribution in [2.24, 2.45) is 0 Å². The van der Waals surface area contributed by atoms with Crippen LogP contribution in [0.2, 0.25) is 0 Å². The zero-order chi connectivity index (χ0) is 25.1. The first kappa shape index (κ1) is 23.7. The number of nitrogens with zero attached hydrogens (tertiary/aromatic N) is 3. The van der Waals surface area contributed by atoms with E-state index in [1.54, 1.807) is 19.1 Å². The van der Waals surface area contributed by atoms with Crippen LogP contribution in [0.5, 0.6) is 5.75 Å². The summed E-state index contributed by atoms with van der Waals surface area (Å²) >= 11 is 1.18. The summed E-state index contributed by atoms with van der Waals surface area (Å²) in [5, 5.41) is 0.877. The topological polar surface area (TPSA) is 83.3 Å². The molecule has 0 saturated carbocycles. The van der Waals surface area contributed by atoms with Crippen molar-refractivity contribution in [1.82, 2.24) is 13.3 Å². The van der Waals surface area contributed by atoms with Crippen molar-refractivity contribution in [1.29, 1.82) is 0 Å². The van der Waals surface area contributed by atoms with E-state index in [1.165, 1.54) is 11.7 Å². The lowest BCUT2D eigenvalue weighted by atomic mass is 10.0. The average molecular weight is 500 g/mol. The lowest BCUT2D eigenvalue weighted by molar-refractivity contribution is 0.0516. The fourth-order valence-corrected chi connectivity index (χ4v) is 4.87. The van der Waals surface area contributed by atoms with Crippen molar-refractivity contribution in [3.05, 3.63) is 77.5 Å². The molecule has 36 heavy (non-hydrogen) atoms. The largest absolute Gasteiger partial charge is 0.494 e. The van der Waals surface area contributed by atoms with Gasteiger partial charge in [-0.25, -0.2) is 4.79 Å². The number of aromatic nitrogens is 3. The fraction of sp³-hybridized carbons (Fsp3) is 0.214. The van der Waals surface area contributed by atoms with Gasteiger partial charge >= 0.3 is 5.97 Å². The Bertz CT molecular complexity index is 1550. The van der Waals surface area contributed by atoms with Crippen molar-refractivity contribution >= 4 is 45.9 Å². The zero-order valence-electron chi connectivity index (χ0n) is 20.1. The minimum absolute atomic E-state index is 0.255. The second-order valence-electron chi connectivity index (χ2n) is 8.38. The van der Waals surface area contributed by atoms with Crippen LogP contribution in [0.25, 0.3) is 33.1 Å². The van der Waals surface area contributed by atoms with Crippen molar-refractivity contribution in [2.75, 3.05) is 13.2 Å². The monoisotopic (exact) mass is 499 g/mol. The molecule has 8 heteroatoms. The summed E-state index contributed by atoms with van der Waals surface area (Å²) in [7, 11) is 0. The van der Waals surface area contributed by atoms with Gasteiger partial charge in [-0.15, -0.1) is 0 Å². The third-order valence-corrected chi connectivity index (χ3v) is 6.53. The Morgan fingerprint density at radius 2 is 1.81 bits per heavy atom. The van der Waals surface area contributed by atoms with Crippen molar-refractivity contribution in [3.63, 3.8) is 0 Å². The maximum atomic E-state index is 13.4. The molecule has 5 aromatic rings. The smallest absolute Gasteiger partial charge is 0.355 e. The van der Waals surface area contributed by atoms with Crippen LogP contribution < -0.4 is 4.74 Å². The Kier molecular flexibility index (Phi) is 6.77. The maximum Gasteiger partial charge on any atom is 0.355 e. The molecular formula is C28H25N3O4S. The molecule has 182 valence electrons. The van der Waals surface area contributed by atoms with E-state index in [4.69, 9.17) is 9.47 Å².